The summed E-state index contributed by atoms with van der Waals surface area (Å²) < 4.78 is 5.51. The van der Waals surface area contributed by atoms with Crippen molar-refractivity contribution in [3.05, 3.63) is 95.1 Å². The van der Waals surface area contributed by atoms with Crippen LogP contribution in [0.2, 0.25) is 0 Å². The van der Waals surface area contributed by atoms with Crippen LogP contribution < -0.4 is 4.90 Å². The number of Topliss-reactive ketones (excluding diaryl/α,β-unsaturated/α-hetero) is 1. The van der Waals surface area contributed by atoms with Gasteiger partial charge in [-0.05, 0) is 48.7 Å². The van der Waals surface area contributed by atoms with Crippen LogP contribution in [0.1, 0.15) is 29.3 Å². The van der Waals surface area contributed by atoms with E-state index >= 15 is 0 Å². The normalized spacial score (nSPS) is 16.4. The quantitative estimate of drug-likeness (QED) is 0.637. The summed E-state index contributed by atoms with van der Waals surface area (Å²) in [5.74, 6) is -1.51. The molecule has 0 spiro atoms. The van der Waals surface area contributed by atoms with E-state index in [0.29, 0.717) is 12.2 Å². The Morgan fingerprint density at radius 3 is 2.53 bits per heavy atom. The number of ketones is 1. The van der Waals surface area contributed by atoms with Gasteiger partial charge in [0.05, 0.1) is 17.5 Å². The average Bonchev–Trinajstić information content (AvgIpc) is 3.36. The topological polar surface area (TPSA) is 91.0 Å². The van der Waals surface area contributed by atoms with Gasteiger partial charge in [-0.15, -0.1) is 0 Å². The molecule has 2 N–H and O–H groups in total. The number of anilines is 1. The van der Waals surface area contributed by atoms with Crippen molar-refractivity contribution in [2.75, 3.05) is 4.90 Å². The van der Waals surface area contributed by atoms with E-state index in [1.807, 2.05) is 37.3 Å². The van der Waals surface area contributed by atoms with Crippen molar-refractivity contribution in [3.63, 3.8) is 0 Å². The lowest BCUT2D eigenvalue weighted by Gasteiger charge is -2.26. The minimum absolute atomic E-state index is 0.0215. The lowest BCUT2D eigenvalue weighted by atomic mass is 9.96. The van der Waals surface area contributed by atoms with Crippen LogP contribution in [0.15, 0.2) is 82.7 Å². The molecule has 1 amide bonds. The second-order valence-corrected chi connectivity index (χ2v) is 7.26. The number of furan rings is 1. The predicted octanol–water partition coefficient (Wildman–Crippen LogP) is 4.40. The Labute approximate surface area is 173 Å². The third-order valence-corrected chi connectivity index (χ3v) is 5.20. The van der Waals surface area contributed by atoms with Gasteiger partial charge in [0.1, 0.15) is 17.6 Å². The molecule has 4 rings (SSSR count). The van der Waals surface area contributed by atoms with Gasteiger partial charge in [-0.2, -0.15) is 0 Å². The number of amides is 1. The molecule has 0 fully saturated rings. The molecule has 6 nitrogen and oxygen atoms in total. The van der Waals surface area contributed by atoms with Gasteiger partial charge in [-0.3, -0.25) is 14.5 Å². The number of nitrogens with zero attached hydrogens (tertiary/aromatic N) is 1. The SMILES string of the molecule is Cc1ccc(O)c(N2C(=O)C(O)=C(C(=O)CCc3ccccc3)C2c2ccco2)c1. The van der Waals surface area contributed by atoms with E-state index in [4.69, 9.17) is 4.42 Å². The predicted molar refractivity (Wildman–Crippen MR) is 111 cm³/mol. The second kappa shape index (κ2) is 7.91. The maximum atomic E-state index is 13.1. The molecule has 30 heavy (non-hydrogen) atoms. The first kappa shape index (κ1) is 19.5. The minimum Gasteiger partial charge on any atom is -0.506 e. The number of hydrogen-bond acceptors (Lipinski definition) is 5. The fourth-order valence-corrected chi connectivity index (χ4v) is 3.72. The van der Waals surface area contributed by atoms with Crippen molar-refractivity contribution < 1.29 is 24.2 Å². The molecular weight excluding hydrogens is 382 g/mol. The summed E-state index contributed by atoms with van der Waals surface area (Å²) in [6.45, 7) is 1.82. The monoisotopic (exact) mass is 403 g/mol. The molecule has 0 radical (unpaired) electrons. The Morgan fingerprint density at radius 2 is 1.83 bits per heavy atom. The highest BCUT2D eigenvalue weighted by Gasteiger charge is 2.46. The molecule has 1 atom stereocenters. The minimum atomic E-state index is -0.955. The van der Waals surface area contributed by atoms with E-state index in [0.717, 1.165) is 11.1 Å². The smallest absolute Gasteiger partial charge is 0.294 e. The zero-order valence-corrected chi connectivity index (χ0v) is 16.4. The fraction of sp³-hybridized carbons (Fsp3) is 0.167. The van der Waals surface area contributed by atoms with Gasteiger partial charge in [-0.25, -0.2) is 0 Å². The molecule has 2 heterocycles. The third-order valence-electron chi connectivity index (χ3n) is 5.20. The Morgan fingerprint density at radius 1 is 1.07 bits per heavy atom. The largest absolute Gasteiger partial charge is 0.506 e. The number of aliphatic hydroxyl groups excluding tert-OH is 1. The summed E-state index contributed by atoms with van der Waals surface area (Å²) in [6.07, 6.45) is 2.04. The van der Waals surface area contributed by atoms with Crippen molar-refractivity contribution in [3.8, 4) is 5.75 Å². The number of aromatic hydroxyl groups is 1. The summed E-state index contributed by atoms with van der Waals surface area (Å²) >= 11 is 0. The molecule has 152 valence electrons. The molecule has 1 unspecified atom stereocenters. The number of aliphatic hydroxyl groups is 1. The molecule has 1 aliphatic heterocycles. The zero-order chi connectivity index (χ0) is 21.3. The van der Waals surface area contributed by atoms with Crippen LogP contribution in [0, 0.1) is 6.92 Å². The van der Waals surface area contributed by atoms with Gasteiger partial charge in [0.25, 0.3) is 5.91 Å². The van der Waals surface area contributed by atoms with Crippen LogP contribution in [-0.4, -0.2) is 21.9 Å². The van der Waals surface area contributed by atoms with Crippen LogP contribution in [0.4, 0.5) is 5.69 Å². The summed E-state index contributed by atoms with van der Waals surface area (Å²) in [4.78, 5) is 27.3. The Hall–Kier alpha value is -3.80. The molecule has 0 saturated carbocycles. The van der Waals surface area contributed by atoms with Crippen LogP contribution in [0.25, 0.3) is 0 Å². The number of phenols is 1. The standard InChI is InChI=1S/C24H21NO5/c1-15-9-11-18(26)17(14-15)25-22(20-8-5-13-30-20)21(23(28)24(25)29)19(27)12-10-16-6-3-2-4-7-16/h2-9,11,13-14,22,26,28H,10,12H2,1H3. The maximum absolute atomic E-state index is 13.1. The van der Waals surface area contributed by atoms with Crippen molar-refractivity contribution in [1.29, 1.82) is 0 Å². The number of aryl methyl sites for hydroxylation is 2. The van der Waals surface area contributed by atoms with E-state index in [1.165, 1.54) is 17.2 Å². The highest BCUT2D eigenvalue weighted by molar-refractivity contribution is 6.16. The maximum Gasteiger partial charge on any atom is 0.294 e. The summed E-state index contributed by atoms with van der Waals surface area (Å²) in [6, 6.07) is 16.7. The van der Waals surface area contributed by atoms with Gasteiger partial charge in [0, 0.05) is 6.42 Å². The lowest BCUT2D eigenvalue weighted by molar-refractivity contribution is -0.118. The molecule has 0 saturated heterocycles. The van der Waals surface area contributed by atoms with Crippen LogP contribution in [0.3, 0.4) is 0 Å². The lowest BCUT2D eigenvalue weighted by Crippen LogP contribution is -2.31. The first-order valence-electron chi connectivity index (χ1n) is 9.64. The van der Waals surface area contributed by atoms with Crippen molar-refractivity contribution in [1.82, 2.24) is 0 Å². The molecular formula is C24H21NO5. The third kappa shape index (κ3) is 3.48. The second-order valence-electron chi connectivity index (χ2n) is 7.26. The molecule has 6 heteroatoms. The fourth-order valence-electron chi connectivity index (χ4n) is 3.72. The Balaban J connectivity index is 1.72. The highest BCUT2D eigenvalue weighted by atomic mass is 16.3. The Kier molecular flexibility index (Phi) is 5.14. The van der Waals surface area contributed by atoms with E-state index in [9.17, 15) is 19.8 Å². The van der Waals surface area contributed by atoms with Gasteiger partial charge in [0.15, 0.2) is 11.5 Å². The number of hydrogen-bond donors (Lipinski definition) is 2. The van der Waals surface area contributed by atoms with Gasteiger partial charge in [0.2, 0.25) is 0 Å². The van der Waals surface area contributed by atoms with Gasteiger partial charge < -0.3 is 14.6 Å². The molecule has 3 aromatic rings. The van der Waals surface area contributed by atoms with Crippen molar-refractivity contribution in [2.24, 2.45) is 0 Å². The number of carbonyl (C=O) groups is 2. The molecule has 0 bridgehead atoms. The van der Waals surface area contributed by atoms with E-state index in [1.54, 1.807) is 24.3 Å². The van der Waals surface area contributed by atoms with Crippen LogP contribution in [-0.2, 0) is 16.0 Å². The van der Waals surface area contributed by atoms with Gasteiger partial charge in [-0.1, -0.05) is 36.4 Å². The first-order chi connectivity index (χ1) is 14.5. The summed E-state index contributed by atoms with van der Waals surface area (Å²) in [7, 11) is 0. The Bertz CT molecular complexity index is 1120. The molecule has 1 aromatic heterocycles. The van der Waals surface area contributed by atoms with E-state index in [2.05, 4.69) is 0 Å². The summed E-state index contributed by atoms with van der Waals surface area (Å²) in [5.41, 5.74) is 1.99. The van der Waals surface area contributed by atoms with Crippen LogP contribution in [0.5, 0.6) is 5.75 Å². The first-order valence-corrected chi connectivity index (χ1v) is 9.64. The molecule has 2 aromatic carbocycles. The number of carbonyl (C=O) groups excluding carboxylic acids is 2. The average molecular weight is 403 g/mol. The van der Waals surface area contributed by atoms with Gasteiger partial charge >= 0.3 is 0 Å². The molecule has 0 aliphatic carbocycles. The van der Waals surface area contributed by atoms with Crippen molar-refractivity contribution >= 4 is 17.4 Å². The van der Waals surface area contributed by atoms with Crippen molar-refractivity contribution in [2.45, 2.75) is 25.8 Å². The van der Waals surface area contributed by atoms with E-state index < -0.39 is 17.7 Å². The number of benzene rings is 2. The number of rotatable bonds is 6. The zero-order valence-electron chi connectivity index (χ0n) is 16.4. The molecule has 1 aliphatic rings. The summed E-state index contributed by atoms with van der Waals surface area (Å²) in [5, 5.41) is 21.0. The highest BCUT2D eigenvalue weighted by Crippen LogP contribution is 2.44. The van der Waals surface area contributed by atoms with E-state index in [-0.39, 0.29) is 29.2 Å². The van der Waals surface area contributed by atoms with Crippen LogP contribution >= 0.6 is 0 Å². The number of phenolic OH excluding ortho intramolecular Hbond substituents is 1.